The van der Waals surface area contributed by atoms with Gasteiger partial charge in [0.1, 0.15) is 5.75 Å². The van der Waals surface area contributed by atoms with Gasteiger partial charge in [-0.1, -0.05) is 25.1 Å². The third-order valence-corrected chi connectivity index (χ3v) is 4.05. The Morgan fingerprint density at radius 2 is 2.12 bits per heavy atom. The Kier molecular flexibility index (Phi) is 8.01. The van der Waals surface area contributed by atoms with Crippen molar-refractivity contribution in [3.8, 4) is 5.75 Å². The number of para-hydroxylation sites is 1. The molecule has 1 amide bonds. The molecule has 0 aromatic heterocycles. The van der Waals surface area contributed by atoms with E-state index in [1.165, 1.54) is 0 Å². The maximum atomic E-state index is 12.5. The molecule has 1 heterocycles. The van der Waals surface area contributed by atoms with Crippen molar-refractivity contribution in [3.63, 3.8) is 0 Å². The fraction of sp³-hybridized carbons (Fsp3) is 0.529. The number of carbonyl (C=O) groups is 2. The summed E-state index contributed by atoms with van der Waals surface area (Å²) in [5, 5.41) is 12.0. The van der Waals surface area contributed by atoms with Gasteiger partial charge in [0.25, 0.3) is 0 Å². The Bertz CT molecular complexity index is 567. The van der Waals surface area contributed by atoms with Crippen molar-refractivity contribution in [1.82, 2.24) is 10.2 Å². The predicted molar refractivity (Wildman–Crippen MR) is 93.6 cm³/mol. The van der Waals surface area contributed by atoms with E-state index >= 15 is 0 Å². The van der Waals surface area contributed by atoms with Crippen molar-refractivity contribution in [3.05, 3.63) is 29.8 Å². The Balaban J connectivity index is 0.00000288. The van der Waals surface area contributed by atoms with Gasteiger partial charge in [-0.05, 0) is 26.0 Å². The number of amides is 1. The highest BCUT2D eigenvalue weighted by atomic mass is 35.5. The van der Waals surface area contributed by atoms with Crippen LogP contribution < -0.4 is 10.1 Å². The summed E-state index contributed by atoms with van der Waals surface area (Å²) in [5.41, 5.74) is 0.972. The molecule has 6 nitrogen and oxygen atoms in total. The number of halogens is 1. The van der Waals surface area contributed by atoms with Crippen LogP contribution in [0.1, 0.15) is 38.3 Å². The number of carboxylic acids is 1. The number of hydrogen-bond acceptors (Lipinski definition) is 4. The Morgan fingerprint density at radius 1 is 1.42 bits per heavy atom. The zero-order chi connectivity index (χ0) is 16.8. The van der Waals surface area contributed by atoms with Crippen molar-refractivity contribution in [2.45, 2.75) is 38.8 Å². The van der Waals surface area contributed by atoms with Crippen molar-refractivity contribution in [2.24, 2.45) is 0 Å². The second-order valence-electron chi connectivity index (χ2n) is 5.78. The standard InChI is InChI=1S/C17H24N2O4.ClH/c1-3-9-19(11-16(20)21)12(2)17(22)18-14-8-10-23-15-7-5-4-6-13(14)15;/h4-7,12,14H,3,8-11H2,1-2H3,(H,18,22)(H,20,21);1H. The first-order chi connectivity index (χ1) is 11.0. The third kappa shape index (κ3) is 5.11. The van der Waals surface area contributed by atoms with Gasteiger partial charge >= 0.3 is 5.97 Å². The average molecular weight is 357 g/mol. The molecule has 0 fully saturated rings. The molecule has 134 valence electrons. The highest BCUT2D eigenvalue weighted by Crippen LogP contribution is 2.31. The molecule has 24 heavy (non-hydrogen) atoms. The van der Waals surface area contributed by atoms with Crippen LogP contribution in [-0.2, 0) is 9.59 Å². The van der Waals surface area contributed by atoms with Gasteiger partial charge in [0.15, 0.2) is 0 Å². The Morgan fingerprint density at radius 3 is 2.79 bits per heavy atom. The Labute approximate surface area is 148 Å². The molecular weight excluding hydrogens is 332 g/mol. The van der Waals surface area contributed by atoms with E-state index in [2.05, 4.69) is 5.32 Å². The van der Waals surface area contributed by atoms with E-state index in [0.717, 1.165) is 17.7 Å². The van der Waals surface area contributed by atoms with Crippen LogP contribution in [0.15, 0.2) is 24.3 Å². The second kappa shape index (κ2) is 9.49. The van der Waals surface area contributed by atoms with Gasteiger partial charge in [0, 0.05) is 12.0 Å². The lowest BCUT2D eigenvalue weighted by Gasteiger charge is -2.30. The number of rotatable bonds is 7. The van der Waals surface area contributed by atoms with Gasteiger partial charge in [-0.3, -0.25) is 14.5 Å². The second-order valence-corrected chi connectivity index (χ2v) is 5.78. The monoisotopic (exact) mass is 356 g/mol. The number of nitrogens with one attached hydrogen (secondary N) is 1. The van der Waals surface area contributed by atoms with Gasteiger partial charge in [0.2, 0.25) is 5.91 Å². The molecule has 0 spiro atoms. The smallest absolute Gasteiger partial charge is 0.317 e. The fourth-order valence-corrected chi connectivity index (χ4v) is 2.82. The van der Waals surface area contributed by atoms with E-state index < -0.39 is 12.0 Å². The molecule has 1 aliphatic heterocycles. The fourth-order valence-electron chi connectivity index (χ4n) is 2.82. The lowest BCUT2D eigenvalue weighted by molar-refractivity contribution is -0.140. The van der Waals surface area contributed by atoms with E-state index in [0.29, 0.717) is 19.6 Å². The normalized spacial score (nSPS) is 17.2. The summed E-state index contributed by atoms with van der Waals surface area (Å²) in [4.78, 5) is 25.2. The highest BCUT2D eigenvalue weighted by Gasteiger charge is 2.27. The zero-order valence-electron chi connectivity index (χ0n) is 14.0. The molecule has 1 aliphatic rings. The van der Waals surface area contributed by atoms with Crippen molar-refractivity contribution in [1.29, 1.82) is 0 Å². The largest absolute Gasteiger partial charge is 0.493 e. The maximum Gasteiger partial charge on any atom is 0.317 e. The van der Waals surface area contributed by atoms with E-state index in [-0.39, 0.29) is 30.9 Å². The molecule has 0 aliphatic carbocycles. The summed E-state index contributed by atoms with van der Waals surface area (Å²) in [6.45, 7) is 4.72. The van der Waals surface area contributed by atoms with Gasteiger partial charge < -0.3 is 15.2 Å². The number of fused-ring (bicyclic) bond motifs is 1. The molecule has 0 bridgehead atoms. The summed E-state index contributed by atoms with van der Waals surface area (Å²) in [6.07, 6.45) is 1.51. The lowest BCUT2D eigenvalue weighted by Crippen LogP contribution is -2.48. The number of ether oxygens (including phenoxy) is 1. The minimum absolute atomic E-state index is 0. The topological polar surface area (TPSA) is 78.9 Å². The van der Waals surface area contributed by atoms with Gasteiger partial charge in [0.05, 0.1) is 25.2 Å². The van der Waals surface area contributed by atoms with Crippen LogP contribution in [0.25, 0.3) is 0 Å². The number of carboxylic acid groups (broad SMARTS) is 1. The average Bonchev–Trinajstić information content (AvgIpc) is 2.53. The number of carbonyl (C=O) groups excluding carboxylic acids is 1. The minimum Gasteiger partial charge on any atom is -0.493 e. The molecule has 0 saturated carbocycles. The highest BCUT2D eigenvalue weighted by molar-refractivity contribution is 5.85. The first kappa shape index (κ1) is 20.3. The van der Waals surface area contributed by atoms with Crippen LogP contribution in [-0.4, -0.2) is 47.6 Å². The number of aliphatic carboxylic acids is 1. The summed E-state index contributed by atoms with van der Waals surface area (Å²) >= 11 is 0. The van der Waals surface area contributed by atoms with E-state index in [1.807, 2.05) is 31.2 Å². The van der Waals surface area contributed by atoms with Gasteiger partial charge in [-0.25, -0.2) is 0 Å². The number of hydrogen-bond donors (Lipinski definition) is 2. The third-order valence-electron chi connectivity index (χ3n) is 4.05. The Hall–Kier alpha value is -1.79. The first-order valence-corrected chi connectivity index (χ1v) is 8.00. The van der Waals surface area contributed by atoms with E-state index in [4.69, 9.17) is 9.84 Å². The van der Waals surface area contributed by atoms with Crippen LogP contribution in [0.5, 0.6) is 5.75 Å². The molecule has 1 aromatic carbocycles. The molecule has 0 radical (unpaired) electrons. The zero-order valence-corrected chi connectivity index (χ0v) is 14.8. The molecule has 1 aromatic rings. The summed E-state index contributed by atoms with van der Waals surface area (Å²) in [6, 6.07) is 7.09. The molecule has 2 atom stereocenters. The summed E-state index contributed by atoms with van der Waals surface area (Å²) in [5.74, 6) is -0.274. The van der Waals surface area contributed by atoms with Crippen molar-refractivity contribution >= 4 is 24.3 Å². The molecular formula is C17H25ClN2O4. The molecule has 2 rings (SSSR count). The first-order valence-electron chi connectivity index (χ1n) is 8.00. The summed E-state index contributed by atoms with van der Waals surface area (Å²) < 4.78 is 5.59. The summed E-state index contributed by atoms with van der Waals surface area (Å²) in [7, 11) is 0. The van der Waals surface area contributed by atoms with Crippen molar-refractivity contribution < 1.29 is 19.4 Å². The van der Waals surface area contributed by atoms with E-state index in [1.54, 1.807) is 11.8 Å². The number of nitrogens with zero attached hydrogens (tertiary/aromatic N) is 1. The van der Waals surface area contributed by atoms with Gasteiger partial charge in [-0.2, -0.15) is 0 Å². The van der Waals surface area contributed by atoms with Crippen LogP contribution in [0.4, 0.5) is 0 Å². The molecule has 2 N–H and O–H groups in total. The SMILES string of the molecule is CCCN(CC(=O)O)C(C)C(=O)NC1CCOc2ccccc21.Cl. The van der Waals surface area contributed by atoms with Crippen LogP contribution >= 0.6 is 12.4 Å². The molecule has 2 unspecified atom stereocenters. The maximum absolute atomic E-state index is 12.5. The van der Waals surface area contributed by atoms with E-state index in [9.17, 15) is 9.59 Å². The predicted octanol–water partition coefficient (Wildman–Crippen LogP) is 2.23. The van der Waals surface area contributed by atoms with Crippen LogP contribution in [0.3, 0.4) is 0 Å². The van der Waals surface area contributed by atoms with Gasteiger partial charge in [-0.15, -0.1) is 12.4 Å². The van der Waals surface area contributed by atoms with Crippen LogP contribution in [0, 0.1) is 0 Å². The van der Waals surface area contributed by atoms with Crippen molar-refractivity contribution in [2.75, 3.05) is 19.7 Å². The quantitative estimate of drug-likeness (QED) is 0.783. The molecule has 7 heteroatoms. The van der Waals surface area contributed by atoms with Crippen LogP contribution in [0.2, 0.25) is 0 Å². The lowest BCUT2D eigenvalue weighted by atomic mass is 10.00. The number of benzene rings is 1. The molecule has 0 saturated heterocycles. The minimum atomic E-state index is -0.922.